The monoisotopic (exact) mass is 222 g/mol. The van der Waals surface area contributed by atoms with Crippen LogP contribution in [-0.4, -0.2) is 0 Å². The minimum absolute atomic E-state index is 0.866. The van der Waals surface area contributed by atoms with Gasteiger partial charge in [-0.15, -0.1) is 0 Å². The SMILES string of the molecule is C=C1C(Br)=COc2ccccc21. The van der Waals surface area contributed by atoms with Crippen molar-refractivity contribution in [1.82, 2.24) is 0 Å². The van der Waals surface area contributed by atoms with Gasteiger partial charge in [-0.1, -0.05) is 24.8 Å². The summed E-state index contributed by atoms with van der Waals surface area (Å²) in [6, 6.07) is 7.83. The number of halogens is 1. The van der Waals surface area contributed by atoms with Crippen LogP contribution in [-0.2, 0) is 0 Å². The van der Waals surface area contributed by atoms with E-state index in [0.717, 1.165) is 21.4 Å². The molecule has 1 nitrogen and oxygen atoms in total. The van der Waals surface area contributed by atoms with Crippen molar-refractivity contribution in [1.29, 1.82) is 0 Å². The molecular formula is C10H7BrO. The molecule has 0 saturated carbocycles. The van der Waals surface area contributed by atoms with Crippen LogP contribution in [0.15, 0.2) is 41.6 Å². The second-order valence-electron chi connectivity index (χ2n) is 2.56. The topological polar surface area (TPSA) is 9.23 Å². The van der Waals surface area contributed by atoms with E-state index in [1.165, 1.54) is 0 Å². The van der Waals surface area contributed by atoms with E-state index in [0.29, 0.717) is 0 Å². The second kappa shape index (κ2) is 2.79. The third kappa shape index (κ3) is 1.08. The van der Waals surface area contributed by atoms with Crippen LogP contribution >= 0.6 is 15.9 Å². The van der Waals surface area contributed by atoms with Gasteiger partial charge in [-0.3, -0.25) is 0 Å². The molecule has 1 heterocycles. The van der Waals surface area contributed by atoms with Crippen molar-refractivity contribution >= 4 is 21.5 Å². The van der Waals surface area contributed by atoms with Gasteiger partial charge in [0, 0.05) is 5.56 Å². The first-order valence-electron chi connectivity index (χ1n) is 3.60. The molecule has 0 radical (unpaired) electrons. The van der Waals surface area contributed by atoms with Crippen molar-refractivity contribution in [3.8, 4) is 5.75 Å². The number of rotatable bonds is 0. The highest BCUT2D eigenvalue weighted by Gasteiger charge is 2.13. The molecule has 0 N–H and O–H groups in total. The fourth-order valence-corrected chi connectivity index (χ4v) is 1.44. The molecule has 1 aliphatic rings. The minimum Gasteiger partial charge on any atom is -0.463 e. The normalized spacial score (nSPS) is 14.8. The molecule has 1 aromatic carbocycles. The molecule has 0 amide bonds. The number of ether oxygens (including phenoxy) is 1. The van der Waals surface area contributed by atoms with Crippen molar-refractivity contribution in [2.45, 2.75) is 0 Å². The van der Waals surface area contributed by atoms with Crippen LogP contribution in [0, 0.1) is 0 Å². The summed E-state index contributed by atoms with van der Waals surface area (Å²) in [5.74, 6) is 0.866. The number of benzene rings is 1. The summed E-state index contributed by atoms with van der Waals surface area (Å²) in [7, 11) is 0. The largest absolute Gasteiger partial charge is 0.463 e. The summed E-state index contributed by atoms with van der Waals surface area (Å²) in [6.07, 6.45) is 1.66. The maximum absolute atomic E-state index is 5.34. The zero-order chi connectivity index (χ0) is 8.55. The van der Waals surface area contributed by atoms with Crippen molar-refractivity contribution in [2.24, 2.45) is 0 Å². The first kappa shape index (κ1) is 7.62. The third-order valence-corrected chi connectivity index (χ3v) is 2.46. The molecule has 0 spiro atoms. The first-order valence-corrected chi connectivity index (χ1v) is 4.39. The van der Waals surface area contributed by atoms with Gasteiger partial charge in [0.25, 0.3) is 0 Å². The van der Waals surface area contributed by atoms with Crippen LogP contribution in [0.1, 0.15) is 5.56 Å². The van der Waals surface area contributed by atoms with E-state index >= 15 is 0 Å². The average molecular weight is 223 g/mol. The molecule has 0 fully saturated rings. The molecule has 0 bridgehead atoms. The lowest BCUT2D eigenvalue weighted by atomic mass is 10.1. The molecule has 12 heavy (non-hydrogen) atoms. The van der Waals surface area contributed by atoms with Gasteiger partial charge in [-0.25, -0.2) is 0 Å². The van der Waals surface area contributed by atoms with Gasteiger partial charge < -0.3 is 4.74 Å². The maximum Gasteiger partial charge on any atom is 0.134 e. The Morgan fingerprint density at radius 2 is 2.00 bits per heavy atom. The molecule has 0 atom stereocenters. The lowest BCUT2D eigenvalue weighted by molar-refractivity contribution is 0.475. The fraction of sp³-hybridized carbons (Fsp3) is 0. The van der Waals surface area contributed by atoms with Crippen LogP contribution in [0.4, 0.5) is 0 Å². The minimum atomic E-state index is 0.866. The van der Waals surface area contributed by atoms with Gasteiger partial charge in [0.05, 0.1) is 4.48 Å². The van der Waals surface area contributed by atoms with Gasteiger partial charge in [0.1, 0.15) is 12.0 Å². The number of allylic oxidation sites excluding steroid dienone is 2. The van der Waals surface area contributed by atoms with Gasteiger partial charge >= 0.3 is 0 Å². The van der Waals surface area contributed by atoms with Crippen LogP contribution in [0.2, 0.25) is 0 Å². The number of hydrogen-bond donors (Lipinski definition) is 0. The van der Waals surface area contributed by atoms with E-state index in [9.17, 15) is 0 Å². The Kier molecular flexibility index (Phi) is 1.77. The molecule has 0 unspecified atom stereocenters. The predicted molar refractivity (Wildman–Crippen MR) is 53.1 cm³/mol. The van der Waals surface area contributed by atoms with Crippen LogP contribution in [0.3, 0.4) is 0 Å². The molecule has 1 aromatic rings. The second-order valence-corrected chi connectivity index (χ2v) is 3.41. The molecule has 2 rings (SSSR count). The zero-order valence-corrected chi connectivity index (χ0v) is 7.97. The van der Waals surface area contributed by atoms with E-state index < -0.39 is 0 Å². The molecule has 2 heteroatoms. The fourth-order valence-electron chi connectivity index (χ4n) is 1.13. The van der Waals surface area contributed by atoms with E-state index in [-0.39, 0.29) is 0 Å². The van der Waals surface area contributed by atoms with Crippen molar-refractivity contribution in [3.05, 3.63) is 47.2 Å². The third-order valence-electron chi connectivity index (χ3n) is 1.79. The van der Waals surface area contributed by atoms with E-state index in [4.69, 9.17) is 4.74 Å². The molecular weight excluding hydrogens is 216 g/mol. The Bertz CT molecular complexity index is 366. The molecule has 0 aromatic heterocycles. The molecule has 60 valence electrons. The zero-order valence-electron chi connectivity index (χ0n) is 6.38. The Hall–Kier alpha value is -1.02. The average Bonchev–Trinajstić information content (AvgIpc) is 2.12. The van der Waals surface area contributed by atoms with Crippen molar-refractivity contribution in [3.63, 3.8) is 0 Å². The Labute approximate surface area is 79.5 Å². The predicted octanol–water partition coefficient (Wildman–Crippen LogP) is 3.33. The lowest BCUT2D eigenvalue weighted by Gasteiger charge is -2.15. The molecule has 1 aliphatic heterocycles. The standard InChI is InChI=1S/C10H7BrO/c1-7-8-4-2-3-5-10(8)12-6-9(7)11/h2-6H,1H2. The summed E-state index contributed by atoms with van der Waals surface area (Å²) in [6.45, 7) is 3.94. The van der Waals surface area contributed by atoms with Crippen LogP contribution in [0.25, 0.3) is 5.57 Å². The molecule has 0 aliphatic carbocycles. The lowest BCUT2D eigenvalue weighted by Crippen LogP contribution is -1.96. The smallest absolute Gasteiger partial charge is 0.134 e. The summed E-state index contributed by atoms with van der Waals surface area (Å²) in [5.41, 5.74) is 2.02. The first-order chi connectivity index (χ1) is 5.79. The quantitative estimate of drug-likeness (QED) is 0.655. The van der Waals surface area contributed by atoms with Crippen molar-refractivity contribution < 1.29 is 4.74 Å². The summed E-state index contributed by atoms with van der Waals surface area (Å²) in [4.78, 5) is 0. The highest BCUT2D eigenvalue weighted by Crippen LogP contribution is 2.36. The van der Waals surface area contributed by atoms with E-state index in [1.807, 2.05) is 24.3 Å². The van der Waals surface area contributed by atoms with E-state index in [1.54, 1.807) is 6.26 Å². The van der Waals surface area contributed by atoms with Gasteiger partial charge in [-0.2, -0.15) is 0 Å². The Morgan fingerprint density at radius 1 is 1.25 bits per heavy atom. The van der Waals surface area contributed by atoms with Gasteiger partial charge in [-0.05, 0) is 27.6 Å². The number of hydrogen-bond acceptors (Lipinski definition) is 1. The number of para-hydroxylation sites is 1. The number of fused-ring (bicyclic) bond motifs is 1. The van der Waals surface area contributed by atoms with Crippen LogP contribution < -0.4 is 4.74 Å². The van der Waals surface area contributed by atoms with Gasteiger partial charge in [0.2, 0.25) is 0 Å². The summed E-state index contributed by atoms with van der Waals surface area (Å²) >= 11 is 3.36. The molecule has 0 saturated heterocycles. The van der Waals surface area contributed by atoms with E-state index in [2.05, 4.69) is 22.5 Å². The highest BCUT2D eigenvalue weighted by atomic mass is 79.9. The Balaban J connectivity index is 2.57. The Morgan fingerprint density at radius 3 is 2.83 bits per heavy atom. The van der Waals surface area contributed by atoms with Gasteiger partial charge in [0.15, 0.2) is 0 Å². The summed E-state index contributed by atoms with van der Waals surface area (Å²) in [5, 5.41) is 0. The highest BCUT2D eigenvalue weighted by molar-refractivity contribution is 9.12. The summed E-state index contributed by atoms with van der Waals surface area (Å²) < 4.78 is 6.24. The van der Waals surface area contributed by atoms with Crippen LogP contribution in [0.5, 0.6) is 5.75 Å². The van der Waals surface area contributed by atoms with Crippen molar-refractivity contribution in [2.75, 3.05) is 0 Å². The maximum atomic E-state index is 5.34.